The molecule has 2 amide bonds. The van der Waals surface area contributed by atoms with E-state index in [9.17, 15) is 14.7 Å². The smallest absolute Gasteiger partial charge is 0.264 e. The van der Waals surface area contributed by atoms with Crippen molar-refractivity contribution in [3.05, 3.63) is 76.9 Å². The average Bonchev–Trinajstić information content (AvgIpc) is 3.47. The van der Waals surface area contributed by atoms with Gasteiger partial charge in [0.1, 0.15) is 17.3 Å². The van der Waals surface area contributed by atoms with Gasteiger partial charge in [-0.3, -0.25) is 14.6 Å². The highest BCUT2D eigenvalue weighted by atomic mass is 32.1. The summed E-state index contributed by atoms with van der Waals surface area (Å²) in [5.74, 6) is 1.52. The Labute approximate surface area is 206 Å². The molecule has 1 aliphatic heterocycles. The van der Waals surface area contributed by atoms with Crippen LogP contribution in [0.15, 0.2) is 60.9 Å². The van der Waals surface area contributed by atoms with E-state index in [2.05, 4.69) is 15.3 Å². The summed E-state index contributed by atoms with van der Waals surface area (Å²) >= 11 is 1.33. The number of rotatable bonds is 6. The Morgan fingerprint density at radius 1 is 1.14 bits per heavy atom. The van der Waals surface area contributed by atoms with E-state index >= 15 is 0 Å². The molecule has 3 aromatic heterocycles. The first-order chi connectivity index (χ1) is 16.9. The molecule has 5 rings (SSSR count). The van der Waals surface area contributed by atoms with E-state index in [0.29, 0.717) is 47.2 Å². The number of hydrogen-bond donors (Lipinski definition) is 2. The molecule has 0 saturated carbocycles. The van der Waals surface area contributed by atoms with Crippen LogP contribution in [0.25, 0.3) is 10.2 Å². The predicted molar refractivity (Wildman–Crippen MR) is 134 cm³/mol. The number of nitrogens with one attached hydrogen (secondary N) is 1. The van der Waals surface area contributed by atoms with Crippen LogP contribution in [-0.2, 0) is 11.2 Å². The predicted octanol–water partition coefficient (Wildman–Crippen LogP) is 4.18. The van der Waals surface area contributed by atoms with Crippen LogP contribution in [0.4, 0.5) is 5.82 Å². The molecule has 0 aliphatic carbocycles. The Balaban J connectivity index is 1.26. The van der Waals surface area contributed by atoms with Gasteiger partial charge in [0.15, 0.2) is 0 Å². The van der Waals surface area contributed by atoms with Crippen molar-refractivity contribution in [2.45, 2.75) is 25.9 Å². The van der Waals surface area contributed by atoms with Gasteiger partial charge in [-0.1, -0.05) is 12.1 Å². The number of pyridine rings is 2. The number of nitrogens with zero attached hydrogens (tertiary/aromatic N) is 3. The lowest BCUT2D eigenvalue weighted by atomic mass is 10.1. The normalized spacial score (nSPS) is 15.4. The standard InChI is InChI=1S/C26H24N4O4S/c1-16-6-9-28-23(12-16)29-24(32)13-17-2-4-19(5-3-17)34-21-7-10-27-20-14-22(35-25(20)21)26(33)30-11-8-18(31)15-30/h2-7,9-10,12,14,18,31H,8,11,13,15H2,1H3,(H,28,29,32)/t18-/m1/s1. The molecule has 0 unspecified atom stereocenters. The summed E-state index contributed by atoms with van der Waals surface area (Å²) in [4.78, 5) is 35.9. The van der Waals surface area contributed by atoms with E-state index < -0.39 is 6.10 Å². The number of aliphatic hydroxyl groups excluding tert-OH is 1. The van der Waals surface area contributed by atoms with Crippen LogP contribution in [0.5, 0.6) is 11.5 Å². The number of aromatic nitrogens is 2. The van der Waals surface area contributed by atoms with Crippen molar-refractivity contribution < 1.29 is 19.4 Å². The largest absolute Gasteiger partial charge is 0.456 e. The Morgan fingerprint density at radius 2 is 1.94 bits per heavy atom. The number of aryl methyl sites for hydroxylation is 1. The first-order valence-electron chi connectivity index (χ1n) is 11.3. The van der Waals surface area contributed by atoms with Crippen LogP contribution in [0.3, 0.4) is 0 Å². The van der Waals surface area contributed by atoms with Gasteiger partial charge in [0, 0.05) is 31.5 Å². The quantitative estimate of drug-likeness (QED) is 0.422. The molecule has 1 aromatic carbocycles. The Morgan fingerprint density at radius 3 is 2.69 bits per heavy atom. The number of aliphatic hydroxyl groups is 1. The van der Waals surface area contributed by atoms with Gasteiger partial charge in [0.05, 0.1) is 27.6 Å². The molecule has 1 aliphatic rings. The van der Waals surface area contributed by atoms with Crippen LogP contribution in [-0.4, -0.2) is 51.0 Å². The zero-order valence-corrected chi connectivity index (χ0v) is 19.9. The van der Waals surface area contributed by atoms with Gasteiger partial charge in [0.25, 0.3) is 5.91 Å². The third-order valence-electron chi connectivity index (χ3n) is 5.74. The molecule has 4 aromatic rings. The van der Waals surface area contributed by atoms with Crippen LogP contribution < -0.4 is 10.1 Å². The maximum atomic E-state index is 12.8. The number of β-amino-alcohol motifs (C(OH)–C–C–N with tert-alkyl or cyclic N) is 1. The molecule has 2 N–H and O–H groups in total. The molecule has 0 radical (unpaired) electrons. The second-order valence-electron chi connectivity index (χ2n) is 8.52. The van der Waals surface area contributed by atoms with Crippen molar-refractivity contribution in [1.29, 1.82) is 0 Å². The molecule has 0 bridgehead atoms. The highest BCUT2D eigenvalue weighted by molar-refractivity contribution is 7.21. The van der Waals surface area contributed by atoms with Gasteiger partial charge >= 0.3 is 0 Å². The molecule has 9 heteroatoms. The molecule has 1 saturated heterocycles. The van der Waals surface area contributed by atoms with Crippen molar-refractivity contribution in [3.63, 3.8) is 0 Å². The average molecular weight is 489 g/mol. The summed E-state index contributed by atoms with van der Waals surface area (Å²) in [6.07, 6.45) is 3.67. The molecule has 0 spiro atoms. The van der Waals surface area contributed by atoms with Crippen LogP contribution in [0, 0.1) is 6.92 Å². The minimum Gasteiger partial charge on any atom is -0.456 e. The third kappa shape index (κ3) is 5.31. The Bertz CT molecular complexity index is 1390. The summed E-state index contributed by atoms with van der Waals surface area (Å²) < 4.78 is 6.87. The van der Waals surface area contributed by atoms with E-state index in [0.717, 1.165) is 15.8 Å². The number of carbonyl (C=O) groups excluding carboxylic acids is 2. The molecule has 1 atom stereocenters. The van der Waals surface area contributed by atoms with Gasteiger partial charge in [-0.2, -0.15) is 0 Å². The number of ether oxygens (including phenoxy) is 1. The van der Waals surface area contributed by atoms with E-state index in [-0.39, 0.29) is 18.2 Å². The van der Waals surface area contributed by atoms with Crippen LogP contribution >= 0.6 is 11.3 Å². The monoisotopic (exact) mass is 488 g/mol. The molecular formula is C26H24N4O4S. The number of carbonyl (C=O) groups is 2. The number of fused-ring (bicyclic) bond motifs is 1. The first-order valence-corrected chi connectivity index (χ1v) is 12.1. The van der Waals surface area contributed by atoms with Gasteiger partial charge in [-0.05, 0) is 54.8 Å². The lowest BCUT2D eigenvalue weighted by Gasteiger charge is -2.13. The molecule has 178 valence electrons. The fourth-order valence-corrected chi connectivity index (χ4v) is 5.00. The van der Waals surface area contributed by atoms with Crippen LogP contribution in [0.1, 0.15) is 27.2 Å². The topological polar surface area (TPSA) is 105 Å². The SMILES string of the molecule is Cc1ccnc(NC(=O)Cc2ccc(Oc3ccnc4cc(C(=O)N5CC[C@@H](O)C5)sc34)cc2)c1. The summed E-state index contributed by atoms with van der Waals surface area (Å²) in [6.45, 7) is 2.85. The maximum absolute atomic E-state index is 12.8. The van der Waals surface area contributed by atoms with Crippen LogP contribution in [0.2, 0.25) is 0 Å². The Hall–Kier alpha value is -3.82. The summed E-state index contributed by atoms with van der Waals surface area (Å²) in [5, 5.41) is 12.5. The Kier molecular flexibility index (Phi) is 6.43. The maximum Gasteiger partial charge on any atom is 0.264 e. The first kappa shape index (κ1) is 22.9. The van der Waals surface area contributed by atoms with Crippen molar-refractivity contribution in [1.82, 2.24) is 14.9 Å². The fraction of sp³-hybridized carbons (Fsp3) is 0.231. The molecule has 1 fully saturated rings. The number of thiophene rings is 1. The molecule has 8 nitrogen and oxygen atoms in total. The van der Waals surface area contributed by atoms with E-state index in [4.69, 9.17) is 4.74 Å². The number of likely N-dealkylation sites (tertiary alicyclic amines) is 1. The number of anilines is 1. The van der Waals surface area contributed by atoms with Crippen molar-refractivity contribution in [3.8, 4) is 11.5 Å². The summed E-state index contributed by atoms with van der Waals surface area (Å²) in [5.41, 5.74) is 2.56. The zero-order valence-electron chi connectivity index (χ0n) is 19.1. The van der Waals surface area contributed by atoms with E-state index in [1.165, 1.54) is 11.3 Å². The number of hydrogen-bond acceptors (Lipinski definition) is 7. The minimum atomic E-state index is -0.460. The highest BCUT2D eigenvalue weighted by Crippen LogP contribution is 2.35. The number of amides is 2. The number of benzene rings is 1. The van der Waals surface area contributed by atoms with Gasteiger partial charge in [-0.25, -0.2) is 4.98 Å². The van der Waals surface area contributed by atoms with Crippen molar-refractivity contribution in [2.75, 3.05) is 18.4 Å². The van der Waals surface area contributed by atoms with Crippen molar-refractivity contribution >= 4 is 39.2 Å². The van der Waals surface area contributed by atoms with Gasteiger partial charge in [-0.15, -0.1) is 11.3 Å². The fourth-order valence-electron chi connectivity index (χ4n) is 3.96. The molecule has 35 heavy (non-hydrogen) atoms. The molecule has 4 heterocycles. The van der Waals surface area contributed by atoms with E-state index in [1.54, 1.807) is 29.4 Å². The molecular weight excluding hydrogens is 464 g/mol. The second-order valence-corrected chi connectivity index (χ2v) is 9.57. The third-order valence-corrected chi connectivity index (χ3v) is 6.86. The minimum absolute atomic E-state index is 0.0982. The summed E-state index contributed by atoms with van der Waals surface area (Å²) in [7, 11) is 0. The lowest BCUT2D eigenvalue weighted by Crippen LogP contribution is -2.28. The lowest BCUT2D eigenvalue weighted by molar-refractivity contribution is -0.115. The van der Waals surface area contributed by atoms with Gasteiger partial charge < -0.3 is 20.1 Å². The summed E-state index contributed by atoms with van der Waals surface area (Å²) in [6, 6.07) is 14.5. The highest BCUT2D eigenvalue weighted by Gasteiger charge is 2.27. The zero-order chi connectivity index (χ0) is 24.4. The van der Waals surface area contributed by atoms with Crippen molar-refractivity contribution in [2.24, 2.45) is 0 Å². The van der Waals surface area contributed by atoms with Gasteiger partial charge in [0.2, 0.25) is 5.91 Å². The second kappa shape index (κ2) is 9.81. The van der Waals surface area contributed by atoms with E-state index in [1.807, 2.05) is 43.3 Å².